The lowest BCUT2D eigenvalue weighted by molar-refractivity contribution is -0.386. The molecule has 1 aliphatic heterocycles. The summed E-state index contributed by atoms with van der Waals surface area (Å²) >= 11 is 3.48. The zero-order valence-corrected chi connectivity index (χ0v) is 13.3. The molecule has 116 valence electrons. The Morgan fingerprint density at radius 2 is 2.33 bits per heavy atom. The van der Waals surface area contributed by atoms with Gasteiger partial charge in [-0.1, -0.05) is 15.9 Å². The van der Waals surface area contributed by atoms with Gasteiger partial charge in [-0.2, -0.15) is 5.10 Å². The van der Waals surface area contributed by atoms with Gasteiger partial charge in [0.2, 0.25) is 0 Å². The molecule has 1 saturated heterocycles. The molecule has 0 aliphatic carbocycles. The first kappa shape index (κ1) is 15.9. The van der Waals surface area contributed by atoms with Crippen molar-refractivity contribution in [3.8, 4) is 0 Å². The molecule has 0 N–H and O–H groups in total. The number of carbonyl (C=O) groups is 1. The minimum atomic E-state index is -0.467. The number of halogens is 1. The maximum atomic E-state index is 11.1. The van der Waals surface area contributed by atoms with E-state index in [1.54, 1.807) is 7.05 Å². The van der Waals surface area contributed by atoms with E-state index in [0.29, 0.717) is 18.5 Å². The van der Waals surface area contributed by atoms with Crippen molar-refractivity contribution in [3.63, 3.8) is 0 Å². The number of nitro groups is 1. The van der Waals surface area contributed by atoms with Crippen molar-refractivity contribution >= 4 is 27.6 Å². The molecule has 0 amide bonds. The maximum Gasteiger partial charge on any atom is 0.312 e. The van der Waals surface area contributed by atoms with Crippen molar-refractivity contribution < 1.29 is 19.2 Å². The third-order valence-corrected chi connectivity index (χ3v) is 4.40. The van der Waals surface area contributed by atoms with Gasteiger partial charge < -0.3 is 9.47 Å². The van der Waals surface area contributed by atoms with Gasteiger partial charge in [-0.25, -0.2) is 0 Å². The van der Waals surface area contributed by atoms with Gasteiger partial charge >= 0.3 is 11.7 Å². The largest absolute Gasteiger partial charge is 0.459 e. The number of carbonyl (C=O) groups excluding carboxylic acids is 1. The smallest absolute Gasteiger partial charge is 0.312 e. The molecule has 1 fully saturated rings. The van der Waals surface area contributed by atoms with E-state index in [4.69, 9.17) is 9.47 Å². The van der Waals surface area contributed by atoms with E-state index in [1.807, 2.05) is 0 Å². The minimum absolute atomic E-state index is 0.0429. The summed E-state index contributed by atoms with van der Waals surface area (Å²) in [5.41, 5.74) is 0.378. The maximum absolute atomic E-state index is 11.1. The van der Waals surface area contributed by atoms with Crippen LogP contribution in [0.5, 0.6) is 0 Å². The molecular weight excluding hydrogens is 346 g/mol. The Balaban J connectivity index is 2.18. The zero-order valence-electron chi connectivity index (χ0n) is 11.7. The third-order valence-electron chi connectivity index (χ3n) is 3.35. The van der Waals surface area contributed by atoms with Crippen molar-refractivity contribution in [1.29, 1.82) is 0 Å². The van der Waals surface area contributed by atoms with Crippen LogP contribution < -0.4 is 0 Å². The Bertz CT molecular complexity index is 547. The number of nitrogens with zero attached hydrogens (tertiary/aromatic N) is 3. The van der Waals surface area contributed by atoms with Crippen molar-refractivity contribution in [1.82, 2.24) is 9.78 Å². The second kappa shape index (κ2) is 6.52. The van der Waals surface area contributed by atoms with Crippen LogP contribution in [0.25, 0.3) is 0 Å². The number of esters is 1. The monoisotopic (exact) mass is 361 g/mol. The Kier molecular flexibility index (Phi) is 4.94. The SMILES string of the molecule is CC(=O)O[C@@H]1CO[C@@H](c2c([N+](=O)[O-])cnn2C)CC[C@H]1Br. The lowest BCUT2D eigenvalue weighted by Crippen LogP contribution is -2.29. The quantitative estimate of drug-likeness (QED) is 0.353. The fraction of sp³-hybridized carbons (Fsp3) is 0.667. The summed E-state index contributed by atoms with van der Waals surface area (Å²) in [5.74, 6) is -0.377. The number of alkyl halides is 1. The highest BCUT2D eigenvalue weighted by atomic mass is 79.9. The van der Waals surface area contributed by atoms with Crippen LogP contribution in [0.1, 0.15) is 31.6 Å². The molecule has 9 heteroatoms. The molecule has 2 rings (SSSR count). The summed E-state index contributed by atoms with van der Waals surface area (Å²) < 4.78 is 12.4. The van der Waals surface area contributed by atoms with Gasteiger partial charge in [0.25, 0.3) is 0 Å². The third kappa shape index (κ3) is 3.59. The number of ether oxygens (including phenoxy) is 2. The summed E-state index contributed by atoms with van der Waals surface area (Å²) in [6.45, 7) is 1.52. The van der Waals surface area contributed by atoms with Crippen LogP contribution in [0.3, 0.4) is 0 Å². The Morgan fingerprint density at radius 1 is 1.62 bits per heavy atom. The minimum Gasteiger partial charge on any atom is -0.459 e. The summed E-state index contributed by atoms with van der Waals surface area (Å²) in [5, 5.41) is 15.0. The Labute approximate surface area is 129 Å². The molecule has 0 spiro atoms. The van der Waals surface area contributed by atoms with E-state index >= 15 is 0 Å². The molecule has 1 aromatic heterocycles. The normalized spacial score (nSPS) is 26.1. The molecular formula is C12H16BrN3O5. The second-order valence-electron chi connectivity index (χ2n) is 4.86. The van der Waals surface area contributed by atoms with Crippen LogP contribution >= 0.6 is 15.9 Å². The Hall–Kier alpha value is -1.48. The molecule has 0 aromatic carbocycles. The number of hydrogen-bond donors (Lipinski definition) is 0. The van der Waals surface area contributed by atoms with E-state index in [9.17, 15) is 14.9 Å². The van der Waals surface area contributed by atoms with Gasteiger partial charge in [0.15, 0.2) is 0 Å². The second-order valence-corrected chi connectivity index (χ2v) is 6.04. The molecule has 0 unspecified atom stereocenters. The average molecular weight is 362 g/mol. The van der Waals surface area contributed by atoms with Gasteiger partial charge in [-0.3, -0.25) is 19.6 Å². The number of aromatic nitrogens is 2. The summed E-state index contributed by atoms with van der Waals surface area (Å²) in [6, 6.07) is 0. The van der Waals surface area contributed by atoms with Gasteiger partial charge in [-0.15, -0.1) is 0 Å². The summed E-state index contributed by atoms with van der Waals surface area (Å²) in [7, 11) is 1.64. The first-order valence-corrected chi connectivity index (χ1v) is 7.41. The molecule has 3 atom stereocenters. The molecule has 0 bridgehead atoms. The molecule has 8 nitrogen and oxygen atoms in total. The van der Waals surface area contributed by atoms with Crippen molar-refractivity contribution in [2.75, 3.05) is 6.61 Å². The highest BCUT2D eigenvalue weighted by Gasteiger charge is 2.34. The molecule has 1 aromatic rings. The number of hydrogen-bond acceptors (Lipinski definition) is 6. The van der Waals surface area contributed by atoms with E-state index in [1.165, 1.54) is 17.8 Å². The number of rotatable bonds is 3. The standard InChI is InChI=1S/C12H16BrN3O5/c1-7(17)21-11-6-20-10(4-3-8(11)13)12-9(16(18)19)5-14-15(12)2/h5,8,10-11H,3-4,6H2,1-2H3/t8-,10-,11-/m1/s1. The summed E-state index contributed by atoms with van der Waals surface area (Å²) in [4.78, 5) is 21.6. The molecule has 0 radical (unpaired) electrons. The average Bonchev–Trinajstić information content (AvgIpc) is 2.70. The van der Waals surface area contributed by atoms with Crippen LogP contribution in [0.15, 0.2) is 6.20 Å². The van der Waals surface area contributed by atoms with Gasteiger partial charge in [-0.05, 0) is 12.8 Å². The van der Waals surface area contributed by atoms with Crippen molar-refractivity contribution in [3.05, 3.63) is 22.0 Å². The van der Waals surface area contributed by atoms with Crippen molar-refractivity contribution in [2.24, 2.45) is 7.05 Å². The van der Waals surface area contributed by atoms with E-state index in [-0.39, 0.29) is 23.1 Å². The molecule has 1 aliphatic rings. The highest BCUT2D eigenvalue weighted by Crippen LogP contribution is 2.35. The fourth-order valence-electron chi connectivity index (χ4n) is 2.38. The van der Waals surface area contributed by atoms with Gasteiger partial charge in [0.1, 0.15) is 24.1 Å². The lowest BCUT2D eigenvalue weighted by Gasteiger charge is -2.19. The van der Waals surface area contributed by atoms with E-state index in [0.717, 1.165) is 0 Å². The van der Waals surface area contributed by atoms with E-state index < -0.39 is 17.1 Å². The molecule has 21 heavy (non-hydrogen) atoms. The van der Waals surface area contributed by atoms with Crippen LogP contribution in [0.4, 0.5) is 5.69 Å². The highest BCUT2D eigenvalue weighted by molar-refractivity contribution is 9.09. The molecule has 0 saturated carbocycles. The zero-order chi connectivity index (χ0) is 15.6. The van der Waals surface area contributed by atoms with E-state index in [2.05, 4.69) is 21.0 Å². The predicted molar refractivity (Wildman–Crippen MR) is 76.1 cm³/mol. The van der Waals surface area contributed by atoms with Gasteiger partial charge in [0.05, 0.1) is 16.4 Å². The van der Waals surface area contributed by atoms with Crippen LogP contribution in [0.2, 0.25) is 0 Å². The first-order chi connectivity index (χ1) is 9.90. The fourth-order valence-corrected chi connectivity index (χ4v) is 2.91. The first-order valence-electron chi connectivity index (χ1n) is 6.49. The summed E-state index contributed by atoms with van der Waals surface area (Å²) in [6.07, 6.45) is 1.62. The lowest BCUT2D eigenvalue weighted by atomic mass is 10.1. The van der Waals surface area contributed by atoms with Crippen LogP contribution in [-0.4, -0.2) is 38.2 Å². The van der Waals surface area contributed by atoms with Crippen LogP contribution in [-0.2, 0) is 21.3 Å². The van der Waals surface area contributed by atoms with Crippen LogP contribution in [0, 0.1) is 10.1 Å². The van der Waals surface area contributed by atoms with Crippen molar-refractivity contribution in [2.45, 2.75) is 36.8 Å². The van der Waals surface area contributed by atoms with Gasteiger partial charge in [0, 0.05) is 14.0 Å². The topological polar surface area (TPSA) is 96.5 Å². The molecule has 2 heterocycles. The predicted octanol–water partition coefficient (Wildman–Crippen LogP) is 1.87. The Morgan fingerprint density at radius 3 is 2.95 bits per heavy atom. The number of aryl methyl sites for hydroxylation is 1.